The molecule has 1 amide bonds. The van der Waals surface area contributed by atoms with Gasteiger partial charge in [0.1, 0.15) is 0 Å². The van der Waals surface area contributed by atoms with Crippen LogP contribution in [-0.2, 0) is 9.53 Å². The van der Waals surface area contributed by atoms with E-state index < -0.39 is 0 Å². The Hall–Kier alpha value is -2.14. The molecule has 1 saturated heterocycles. The van der Waals surface area contributed by atoms with Crippen molar-refractivity contribution in [1.82, 2.24) is 4.90 Å². The molecule has 3 rings (SSSR count). The first-order valence-corrected chi connectivity index (χ1v) is 6.83. The monoisotopic (exact) mass is 286 g/mol. The molecular weight excluding hydrogens is 272 g/mol. The third kappa shape index (κ3) is 1.82. The Morgan fingerprint density at radius 1 is 1.25 bits per heavy atom. The average molecular weight is 286 g/mol. The number of carbonyl (C=O) groups is 1. The number of allylic oxidation sites excluding steroid dienone is 1. The molecule has 0 radical (unpaired) electrons. The molecule has 20 heavy (non-hydrogen) atoms. The van der Waals surface area contributed by atoms with Crippen LogP contribution >= 0.6 is 12.2 Å². The second kappa shape index (κ2) is 4.76. The lowest BCUT2D eigenvalue weighted by molar-refractivity contribution is -0.122. The zero-order valence-electron chi connectivity index (χ0n) is 11.3. The van der Waals surface area contributed by atoms with Gasteiger partial charge in [-0.25, -0.2) is 0 Å². The van der Waals surface area contributed by atoms with E-state index in [-0.39, 0.29) is 11.1 Å². The fourth-order valence-electron chi connectivity index (χ4n) is 2.40. The number of carbonyl (C=O) groups excluding carboxylic acids is 1. The van der Waals surface area contributed by atoms with Crippen LogP contribution in [0.15, 0.2) is 41.8 Å². The predicted octanol–water partition coefficient (Wildman–Crippen LogP) is 2.52. The summed E-state index contributed by atoms with van der Waals surface area (Å²) in [6, 6.07) is 8.06. The number of ether oxygens (including phenoxy) is 1. The van der Waals surface area contributed by atoms with Crippen LogP contribution in [0.25, 0.3) is 6.08 Å². The molecule has 0 saturated carbocycles. The minimum Gasteiger partial charge on any atom is -0.423 e. The van der Waals surface area contributed by atoms with Gasteiger partial charge in [-0.05, 0) is 36.8 Å². The van der Waals surface area contributed by atoms with Gasteiger partial charge < -0.3 is 9.64 Å². The number of hydrogen-bond donors (Lipinski definition) is 0. The summed E-state index contributed by atoms with van der Waals surface area (Å²) in [6.45, 7) is 2.78. The zero-order chi connectivity index (χ0) is 14.3. The zero-order valence-corrected chi connectivity index (χ0v) is 12.1. The number of nitrogens with zero attached hydrogens (tertiary/aromatic N) is 2. The quantitative estimate of drug-likeness (QED) is 0.586. The van der Waals surface area contributed by atoms with Gasteiger partial charge in [-0.2, -0.15) is 0 Å². The Morgan fingerprint density at radius 3 is 2.65 bits per heavy atom. The lowest BCUT2D eigenvalue weighted by atomic mass is 10.1. The molecule has 0 unspecified atom stereocenters. The normalized spacial score (nSPS) is 21.3. The highest BCUT2D eigenvalue weighted by Gasteiger charge is 2.35. The first kappa shape index (κ1) is 12.9. The molecule has 0 N–H and O–H groups in total. The van der Waals surface area contributed by atoms with Crippen molar-refractivity contribution >= 4 is 35.1 Å². The number of fused-ring (bicyclic) bond motifs is 1. The van der Waals surface area contributed by atoms with Crippen LogP contribution in [0.4, 0.5) is 5.69 Å². The minimum atomic E-state index is -0.201. The van der Waals surface area contributed by atoms with Crippen LogP contribution in [0.1, 0.15) is 12.5 Å². The Kier molecular flexibility index (Phi) is 3.06. The average Bonchev–Trinajstić information content (AvgIpc) is 2.73. The maximum atomic E-state index is 12.2. The molecule has 0 atom stereocenters. The van der Waals surface area contributed by atoms with Crippen LogP contribution in [-0.4, -0.2) is 29.6 Å². The summed E-state index contributed by atoms with van der Waals surface area (Å²) in [4.78, 5) is 15.6. The standard InChI is InChI=1S/C15H14N2O2S/c1-3-17-11-7-5-4-6-10(11)8-9-12(17)13-14(18)16(2)15(20)19-13/h4-9H,3H2,1-2H3. The molecular formula is C15H14N2O2S. The van der Waals surface area contributed by atoms with E-state index in [0.29, 0.717) is 5.76 Å². The van der Waals surface area contributed by atoms with E-state index in [1.54, 1.807) is 7.05 Å². The molecule has 1 fully saturated rings. The third-order valence-corrected chi connectivity index (χ3v) is 3.81. The Balaban J connectivity index is 2.13. The third-order valence-electron chi connectivity index (χ3n) is 3.45. The van der Waals surface area contributed by atoms with Crippen molar-refractivity contribution in [2.75, 3.05) is 18.5 Å². The lowest BCUT2D eigenvalue weighted by Crippen LogP contribution is -2.28. The number of rotatable bonds is 1. The van der Waals surface area contributed by atoms with Gasteiger partial charge >= 0.3 is 0 Å². The van der Waals surface area contributed by atoms with Crippen molar-refractivity contribution in [3.05, 3.63) is 47.4 Å². The number of hydrogen-bond acceptors (Lipinski definition) is 4. The van der Waals surface area contributed by atoms with Crippen molar-refractivity contribution in [3.63, 3.8) is 0 Å². The predicted molar refractivity (Wildman–Crippen MR) is 82.0 cm³/mol. The molecule has 0 bridgehead atoms. The summed E-state index contributed by atoms with van der Waals surface area (Å²) < 4.78 is 5.47. The van der Waals surface area contributed by atoms with E-state index in [0.717, 1.165) is 23.5 Å². The molecule has 0 aromatic heterocycles. The van der Waals surface area contributed by atoms with E-state index in [4.69, 9.17) is 17.0 Å². The van der Waals surface area contributed by atoms with E-state index in [1.807, 2.05) is 43.3 Å². The van der Waals surface area contributed by atoms with Crippen LogP contribution < -0.4 is 4.90 Å². The van der Waals surface area contributed by atoms with Gasteiger partial charge in [-0.15, -0.1) is 0 Å². The van der Waals surface area contributed by atoms with Crippen LogP contribution in [0.2, 0.25) is 0 Å². The summed E-state index contributed by atoms with van der Waals surface area (Å²) >= 11 is 5.02. The first-order valence-electron chi connectivity index (χ1n) is 6.42. The molecule has 0 aliphatic carbocycles. The van der Waals surface area contributed by atoms with Crippen molar-refractivity contribution in [2.45, 2.75) is 6.92 Å². The van der Waals surface area contributed by atoms with Crippen LogP contribution in [0, 0.1) is 0 Å². The fourth-order valence-corrected chi connectivity index (χ4v) is 2.56. The summed E-state index contributed by atoms with van der Waals surface area (Å²) in [7, 11) is 1.62. The molecule has 102 valence electrons. The van der Waals surface area contributed by atoms with E-state index in [2.05, 4.69) is 4.90 Å². The maximum absolute atomic E-state index is 12.2. The van der Waals surface area contributed by atoms with Gasteiger partial charge in [0.15, 0.2) is 0 Å². The van der Waals surface area contributed by atoms with Gasteiger partial charge in [-0.1, -0.05) is 24.3 Å². The summed E-state index contributed by atoms with van der Waals surface area (Å²) in [5.41, 5.74) is 2.94. The molecule has 0 spiro atoms. The maximum Gasteiger partial charge on any atom is 0.299 e. The second-order valence-electron chi connectivity index (χ2n) is 4.58. The van der Waals surface area contributed by atoms with Crippen molar-refractivity contribution in [2.24, 2.45) is 0 Å². The Bertz CT molecular complexity index is 664. The highest BCUT2D eigenvalue weighted by atomic mass is 32.1. The minimum absolute atomic E-state index is 0.195. The number of amides is 1. The van der Waals surface area contributed by atoms with Gasteiger partial charge in [0.2, 0.25) is 5.76 Å². The number of thiocarbonyl (C=S) groups is 1. The molecule has 2 heterocycles. The van der Waals surface area contributed by atoms with Crippen molar-refractivity contribution < 1.29 is 9.53 Å². The largest absolute Gasteiger partial charge is 0.423 e. The Morgan fingerprint density at radius 2 is 2.00 bits per heavy atom. The molecule has 2 aliphatic heterocycles. The smallest absolute Gasteiger partial charge is 0.299 e. The lowest BCUT2D eigenvalue weighted by Gasteiger charge is -2.29. The summed E-state index contributed by atoms with van der Waals surface area (Å²) in [5, 5.41) is 0.195. The number of para-hydroxylation sites is 1. The highest BCUT2D eigenvalue weighted by molar-refractivity contribution is 7.80. The van der Waals surface area contributed by atoms with E-state index in [9.17, 15) is 4.79 Å². The van der Waals surface area contributed by atoms with Crippen LogP contribution in [0.5, 0.6) is 0 Å². The molecule has 1 aromatic carbocycles. The van der Waals surface area contributed by atoms with Gasteiger partial charge in [0, 0.05) is 19.3 Å². The van der Waals surface area contributed by atoms with Gasteiger partial charge in [-0.3, -0.25) is 9.69 Å². The topological polar surface area (TPSA) is 32.8 Å². The number of anilines is 1. The molecule has 5 heteroatoms. The fraction of sp³-hybridized carbons (Fsp3) is 0.200. The second-order valence-corrected chi connectivity index (χ2v) is 4.93. The summed E-state index contributed by atoms with van der Waals surface area (Å²) in [5.74, 6) is 0.0950. The van der Waals surface area contributed by atoms with Crippen molar-refractivity contribution in [3.8, 4) is 0 Å². The van der Waals surface area contributed by atoms with Crippen LogP contribution in [0.3, 0.4) is 0 Å². The molecule has 1 aromatic rings. The van der Waals surface area contributed by atoms with Gasteiger partial charge in [0.05, 0.1) is 5.70 Å². The number of benzene rings is 1. The van der Waals surface area contributed by atoms with E-state index >= 15 is 0 Å². The van der Waals surface area contributed by atoms with Gasteiger partial charge in [0.25, 0.3) is 11.1 Å². The molecule has 2 aliphatic rings. The van der Waals surface area contributed by atoms with Crippen molar-refractivity contribution in [1.29, 1.82) is 0 Å². The Labute approximate surface area is 122 Å². The number of likely N-dealkylation sites (N-methyl/N-ethyl adjacent to an activating group) is 2. The molecule has 4 nitrogen and oxygen atoms in total. The highest BCUT2D eigenvalue weighted by Crippen LogP contribution is 2.33. The summed E-state index contributed by atoms with van der Waals surface area (Å²) in [6.07, 6.45) is 3.89. The van der Waals surface area contributed by atoms with E-state index in [1.165, 1.54) is 4.90 Å². The SMILES string of the molecule is CCN1C(=C2OC(=S)N(C)C2=O)C=Cc2ccccc21. The first-order chi connectivity index (χ1) is 9.63.